The molecule has 3 aromatic rings. The average Bonchev–Trinajstić information content (AvgIpc) is 3.19. The molecule has 0 saturated carbocycles. The summed E-state index contributed by atoms with van der Waals surface area (Å²) in [4.78, 5) is 28.2. The zero-order valence-electron chi connectivity index (χ0n) is 18.5. The summed E-state index contributed by atoms with van der Waals surface area (Å²) in [7, 11) is 5.08. The standard InChI is InChI=1S/C25H26N2O5/c1-26(2)25(29)18-6-4-17(5-7-18)15-32-24-16-31-22(11-23(24)28)14-27-12-19-8-9-21(30-3)10-20(19)13-27/h4-11,16H,12-15H2,1-3H3. The third-order valence-corrected chi connectivity index (χ3v) is 5.43. The fourth-order valence-electron chi connectivity index (χ4n) is 3.69. The second-order valence-corrected chi connectivity index (χ2v) is 8.04. The van der Waals surface area contributed by atoms with Gasteiger partial charge < -0.3 is 18.8 Å². The molecular weight excluding hydrogens is 408 g/mol. The zero-order valence-corrected chi connectivity index (χ0v) is 18.5. The van der Waals surface area contributed by atoms with Crippen LogP contribution >= 0.6 is 0 Å². The Labute approximate surface area is 186 Å². The largest absolute Gasteiger partial charge is 0.497 e. The molecule has 0 fully saturated rings. The number of hydrogen-bond acceptors (Lipinski definition) is 6. The van der Waals surface area contributed by atoms with E-state index in [1.54, 1.807) is 33.3 Å². The van der Waals surface area contributed by atoms with Crippen LogP contribution in [0.15, 0.2) is 64.0 Å². The molecule has 32 heavy (non-hydrogen) atoms. The van der Waals surface area contributed by atoms with Crippen LogP contribution in [0.1, 0.15) is 32.8 Å². The molecule has 166 valence electrons. The van der Waals surface area contributed by atoms with Crippen molar-refractivity contribution in [2.45, 2.75) is 26.2 Å². The van der Waals surface area contributed by atoms with E-state index in [1.807, 2.05) is 24.3 Å². The summed E-state index contributed by atoms with van der Waals surface area (Å²) < 4.78 is 16.6. The molecule has 1 aromatic heterocycles. The molecule has 0 aliphatic carbocycles. The first-order chi connectivity index (χ1) is 15.4. The molecule has 0 atom stereocenters. The van der Waals surface area contributed by atoms with Crippen LogP contribution in [0.4, 0.5) is 0 Å². The minimum atomic E-state index is -0.218. The lowest BCUT2D eigenvalue weighted by Crippen LogP contribution is -2.21. The van der Waals surface area contributed by atoms with Gasteiger partial charge in [-0.25, -0.2) is 0 Å². The van der Waals surface area contributed by atoms with Crippen LogP contribution in [-0.4, -0.2) is 36.9 Å². The van der Waals surface area contributed by atoms with Gasteiger partial charge in [0.15, 0.2) is 0 Å². The minimum Gasteiger partial charge on any atom is -0.497 e. The molecule has 1 aliphatic rings. The fourth-order valence-corrected chi connectivity index (χ4v) is 3.69. The predicted molar refractivity (Wildman–Crippen MR) is 120 cm³/mol. The van der Waals surface area contributed by atoms with Crippen molar-refractivity contribution in [3.8, 4) is 11.5 Å². The molecule has 0 N–H and O–H groups in total. The molecule has 1 aliphatic heterocycles. The van der Waals surface area contributed by atoms with Gasteiger partial charge in [-0.15, -0.1) is 0 Å². The van der Waals surface area contributed by atoms with E-state index < -0.39 is 0 Å². The third-order valence-electron chi connectivity index (χ3n) is 5.43. The highest BCUT2D eigenvalue weighted by Gasteiger charge is 2.20. The lowest BCUT2D eigenvalue weighted by atomic mass is 10.1. The summed E-state index contributed by atoms with van der Waals surface area (Å²) in [5.41, 5.74) is 3.72. The summed E-state index contributed by atoms with van der Waals surface area (Å²) in [6, 6.07) is 14.7. The monoisotopic (exact) mass is 434 g/mol. The maximum atomic E-state index is 12.5. The Balaban J connectivity index is 1.35. The Hall–Kier alpha value is -3.58. The lowest BCUT2D eigenvalue weighted by molar-refractivity contribution is 0.0827. The molecule has 2 heterocycles. The normalized spacial score (nSPS) is 13.0. The summed E-state index contributed by atoms with van der Waals surface area (Å²) in [5.74, 6) is 1.54. The fraction of sp³-hybridized carbons (Fsp3) is 0.280. The van der Waals surface area contributed by atoms with E-state index in [4.69, 9.17) is 13.9 Å². The van der Waals surface area contributed by atoms with Crippen LogP contribution in [0, 0.1) is 0 Å². The van der Waals surface area contributed by atoms with Crippen molar-refractivity contribution in [1.29, 1.82) is 0 Å². The van der Waals surface area contributed by atoms with E-state index in [0.29, 0.717) is 17.9 Å². The van der Waals surface area contributed by atoms with Gasteiger partial charge in [-0.2, -0.15) is 0 Å². The van der Waals surface area contributed by atoms with E-state index in [9.17, 15) is 9.59 Å². The SMILES string of the molecule is COc1ccc2c(c1)CN(Cc1cc(=O)c(OCc3ccc(C(=O)N(C)C)cc3)co1)C2. The highest BCUT2D eigenvalue weighted by molar-refractivity contribution is 5.93. The number of ether oxygens (including phenoxy) is 2. The number of nitrogens with zero attached hydrogens (tertiary/aromatic N) is 2. The number of rotatable bonds is 7. The number of benzene rings is 2. The molecule has 2 aromatic carbocycles. The van der Waals surface area contributed by atoms with Gasteiger partial charge in [-0.3, -0.25) is 14.5 Å². The van der Waals surface area contributed by atoms with Crippen molar-refractivity contribution < 1.29 is 18.7 Å². The van der Waals surface area contributed by atoms with E-state index in [-0.39, 0.29) is 23.7 Å². The van der Waals surface area contributed by atoms with Gasteiger partial charge in [0.1, 0.15) is 24.4 Å². The van der Waals surface area contributed by atoms with Gasteiger partial charge in [-0.05, 0) is 41.0 Å². The number of methoxy groups -OCH3 is 1. The van der Waals surface area contributed by atoms with Crippen molar-refractivity contribution in [3.63, 3.8) is 0 Å². The van der Waals surface area contributed by atoms with Gasteiger partial charge in [-0.1, -0.05) is 18.2 Å². The van der Waals surface area contributed by atoms with Crippen molar-refractivity contribution >= 4 is 5.91 Å². The number of hydrogen-bond donors (Lipinski definition) is 0. The lowest BCUT2D eigenvalue weighted by Gasteiger charge is -2.14. The first-order valence-electron chi connectivity index (χ1n) is 10.4. The molecule has 0 spiro atoms. The highest BCUT2D eigenvalue weighted by Crippen LogP contribution is 2.27. The first-order valence-corrected chi connectivity index (χ1v) is 10.4. The smallest absolute Gasteiger partial charge is 0.253 e. The maximum absolute atomic E-state index is 12.5. The number of carbonyl (C=O) groups excluding carboxylic acids is 1. The van der Waals surface area contributed by atoms with Gasteiger partial charge >= 0.3 is 0 Å². The number of fused-ring (bicyclic) bond motifs is 1. The summed E-state index contributed by atoms with van der Waals surface area (Å²) in [6.07, 6.45) is 1.37. The highest BCUT2D eigenvalue weighted by atomic mass is 16.5. The van der Waals surface area contributed by atoms with E-state index in [1.165, 1.54) is 28.4 Å². The van der Waals surface area contributed by atoms with Gasteiger partial charge in [0.2, 0.25) is 11.2 Å². The molecule has 7 nitrogen and oxygen atoms in total. The molecule has 7 heteroatoms. The van der Waals surface area contributed by atoms with Gasteiger partial charge in [0.05, 0.1) is 13.7 Å². The zero-order chi connectivity index (χ0) is 22.7. The Morgan fingerprint density at radius 2 is 1.81 bits per heavy atom. The third kappa shape index (κ3) is 4.84. The van der Waals surface area contributed by atoms with Crippen LogP contribution in [-0.2, 0) is 26.2 Å². The molecule has 1 amide bonds. The molecule has 0 saturated heterocycles. The summed E-state index contributed by atoms with van der Waals surface area (Å²) >= 11 is 0. The Kier molecular flexibility index (Phi) is 6.28. The second kappa shape index (κ2) is 9.28. The molecular formula is C25H26N2O5. The van der Waals surface area contributed by atoms with E-state index in [2.05, 4.69) is 11.0 Å². The van der Waals surface area contributed by atoms with Crippen LogP contribution < -0.4 is 14.9 Å². The minimum absolute atomic E-state index is 0.0612. The predicted octanol–water partition coefficient (Wildman–Crippen LogP) is 3.45. The van der Waals surface area contributed by atoms with Crippen molar-refractivity contribution in [1.82, 2.24) is 9.80 Å². The second-order valence-electron chi connectivity index (χ2n) is 8.04. The first kappa shape index (κ1) is 21.6. The summed E-state index contributed by atoms with van der Waals surface area (Å²) in [5, 5.41) is 0. The quantitative estimate of drug-likeness (QED) is 0.567. The molecule has 0 unspecified atom stereocenters. The van der Waals surface area contributed by atoms with E-state index in [0.717, 1.165) is 24.4 Å². The van der Waals surface area contributed by atoms with Crippen LogP contribution in [0.25, 0.3) is 0 Å². The molecule has 4 rings (SSSR count). The Bertz CT molecular complexity index is 1170. The number of amides is 1. The van der Waals surface area contributed by atoms with Crippen LogP contribution in [0.3, 0.4) is 0 Å². The number of carbonyl (C=O) groups is 1. The van der Waals surface area contributed by atoms with E-state index >= 15 is 0 Å². The molecule has 0 radical (unpaired) electrons. The van der Waals surface area contributed by atoms with Gasteiger partial charge in [0.25, 0.3) is 5.91 Å². The topological polar surface area (TPSA) is 72.2 Å². The van der Waals surface area contributed by atoms with Crippen molar-refractivity contribution in [2.75, 3.05) is 21.2 Å². The Morgan fingerprint density at radius 1 is 1.06 bits per heavy atom. The van der Waals surface area contributed by atoms with Crippen molar-refractivity contribution in [3.05, 3.63) is 93.0 Å². The molecule has 0 bridgehead atoms. The Morgan fingerprint density at radius 3 is 2.50 bits per heavy atom. The van der Waals surface area contributed by atoms with Gasteiger partial charge in [0, 0.05) is 38.8 Å². The van der Waals surface area contributed by atoms with Crippen LogP contribution in [0.2, 0.25) is 0 Å². The van der Waals surface area contributed by atoms with Crippen LogP contribution in [0.5, 0.6) is 11.5 Å². The maximum Gasteiger partial charge on any atom is 0.253 e. The summed E-state index contributed by atoms with van der Waals surface area (Å²) in [6.45, 7) is 2.33. The van der Waals surface area contributed by atoms with Crippen molar-refractivity contribution in [2.24, 2.45) is 0 Å². The average molecular weight is 434 g/mol.